The van der Waals surface area contributed by atoms with Crippen molar-refractivity contribution in [1.29, 1.82) is 0 Å². The third kappa shape index (κ3) is 3.88. The van der Waals surface area contributed by atoms with E-state index in [9.17, 15) is 5.11 Å². The highest BCUT2D eigenvalue weighted by atomic mass is 35.5. The molecular formula is C15H13Cl2N3OS. The van der Waals surface area contributed by atoms with E-state index < -0.39 is 0 Å². The zero-order valence-corrected chi connectivity index (χ0v) is 14.0. The van der Waals surface area contributed by atoms with Crippen LogP contribution in [0.25, 0.3) is 0 Å². The standard InChI is InChI=1S/C15H13Cl2N3OS/c1-18-15(22)20(12-5-3-2-4-6-12)19-9-10-7-11(16)8-13(17)14(10)21/h2-9,21H,1H3,(H,18,22)/b19-9+. The van der Waals surface area contributed by atoms with Gasteiger partial charge in [0.25, 0.3) is 0 Å². The van der Waals surface area contributed by atoms with Crippen molar-refractivity contribution in [1.82, 2.24) is 5.32 Å². The molecule has 0 atom stereocenters. The Morgan fingerprint density at radius 1 is 1.27 bits per heavy atom. The predicted octanol–water partition coefficient (Wildman–Crippen LogP) is 4.04. The molecule has 22 heavy (non-hydrogen) atoms. The number of rotatable bonds is 3. The van der Waals surface area contributed by atoms with Crippen molar-refractivity contribution in [2.75, 3.05) is 12.1 Å². The molecule has 0 bridgehead atoms. The van der Waals surface area contributed by atoms with Gasteiger partial charge in [0.05, 0.1) is 16.9 Å². The molecule has 0 aliphatic rings. The molecule has 2 aromatic carbocycles. The highest BCUT2D eigenvalue weighted by Gasteiger charge is 2.10. The van der Waals surface area contributed by atoms with Gasteiger partial charge in [-0.1, -0.05) is 41.4 Å². The first-order valence-corrected chi connectivity index (χ1v) is 7.48. The van der Waals surface area contributed by atoms with E-state index in [0.29, 0.717) is 15.7 Å². The van der Waals surface area contributed by atoms with Gasteiger partial charge in [0.1, 0.15) is 5.75 Å². The van der Waals surface area contributed by atoms with Crippen LogP contribution >= 0.6 is 35.4 Å². The maximum atomic E-state index is 9.95. The van der Waals surface area contributed by atoms with Crippen LogP contribution in [0.15, 0.2) is 47.6 Å². The Labute approximate surface area is 144 Å². The Hall–Kier alpha value is -1.82. The van der Waals surface area contributed by atoms with Crippen LogP contribution in [0.5, 0.6) is 5.75 Å². The third-order valence-corrected chi connectivity index (χ3v) is 3.66. The fourth-order valence-corrected chi connectivity index (χ4v) is 2.38. The van der Waals surface area contributed by atoms with Gasteiger partial charge in [-0.05, 0) is 36.5 Å². The van der Waals surface area contributed by atoms with Crippen molar-refractivity contribution in [3.05, 3.63) is 58.1 Å². The molecule has 0 radical (unpaired) electrons. The van der Waals surface area contributed by atoms with Crippen molar-refractivity contribution in [2.45, 2.75) is 0 Å². The van der Waals surface area contributed by atoms with Gasteiger partial charge in [-0.25, -0.2) is 5.01 Å². The van der Waals surface area contributed by atoms with Crippen LogP contribution in [0.2, 0.25) is 10.0 Å². The van der Waals surface area contributed by atoms with Crippen LogP contribution in [-0.2, 0) is 0 Å². The Kier molecular flexibility index (Phi) is 5.60. The highest BCUT2D eigenvalue weighted by Crippen LogP contribution is 2.30. The molecular weight excluding hydrogens is 341 g/mol. The summed E-state index contributed by atoms with van der Waals surface area (Å²) in [6.45, 7) is 0. The van der Waals surface area contributed by atoms with Crippen LogP contribution in [0.1, 0.15) is 5.56 Å². The number of nitrogens with one attached hydrogen (secondary N) is 1. The third-order valence-electron chi connectivity index (χ3n) is 2.78. The summed E-state index contributed by atoms with van der Waals surface area (Å²) >= 11 is 17.1. The SMILES string of the molecule is CNC(=S)N(/N=C/c1cc(Cl)cc(Cl)c1O)c1ccccc1. The molecule has 0 heterocycles. The Bertz CT molecular complexity index is 707. The zero-order chi connectivity index (χ0) is 16.1. The fourth-order valence-electron chi connectivity index (χ4n) is 1.72. The summed E-state index contributed by atoms with van der Waals surface area (Å²) in [6.07, 6.45) is 1.45. The van der Waals surface area contributed by atoms with E-state index in [1.807, 2.05) is 30.3 Å². The molecule has 7 heteroatoms. The van der Waals surface area contributed by atoms with Crippen molar-refractivity contribution >= 4 is 52.4 Å². The second-order valence-electron chi connectivity index (χ2n) is 4.27. The van der Waals surface area contributed by atoms with Gasteiger partial charge in [-0.3, -0.25) is 0 Å². The van der Waals surface area contributed by atoms with Crippen molar-refractivity contribution < 1.29 is 5.11 Å². The van der Waals surface area contributed by atoms with Crippen LogP contribution < -0.4 is 10.3 Å². The van der Waals surface area contributed by atoms with E-state index in [0.717, 1.165) is 5.69 Å². The first-order chi connectivity index (χ1) is 10.5. The van der Waals surface area contributed by atoms with E-state index in [4.69, 9.17) is 35.4 Å². The zero-order valence-electron chi connectivity index (χ0n) is 11.6. The quantitative estimate of drug-likeness (QED) is 0.496. The number of halogens is 2. The van der Waals surface area contributed by atoms with E-state index in [1.165, 1.54) is 17.3 Å². The molecule has 0 unspecified atom stereocenters. The van der Waals surface area contributed by atoms with Gasteiger partial charge < -0.3 is 10.4 Å². The van der Waals surface area contributed by atoms with Crippen molar-refractivity contribution in [3.8, 4) is 5.75 Å². The predicted molar refractivity (Wildman–Crippen MR) is 96.3 cm³/mol. The number of para-hydroxylation sites is 1. The van der Waals surface area contributed by atoms with E-state index in [1.54, 1.807) is 13.1 Å². The highest BCUT2D eigenvalue weighted by molar-refractivity contribution is 7.80. The molecule has 0 amide bonds. The summed E-state index contributed by atoms with van der Waals surface area (Å²) in [6, 6.07) is 12.4. The van der Waals surface area contributed by atoms with Gasteiger partial charge in [-0.15, -0.1) is 0 Å². The average Bonchev–Trinajstić information content (AvgIpc) is 2.52. The van der Waals surface area contributed by atoms with Gasteiger partial charge in [0, 0.05) is 17.6 Å². The number of benzene rings is 2. The Balaban J connectivity index is 2.38. The molecule has 114 valence electrons. The summed E-state index contributed by atoms with van der Waals surface area (Å²) in [7, 11) is 1.71. The van der Waals surface area contributed by atoms with Crippen molar-refractivity contribution in [3.63, 3.8) is 0 Å². The lowest BCUT2D eigenvalue weighted by Gasteiger charge is -2.19. The number of hydrazone groups is 1. The second kappa shape index (κ2) is 7.45. The first-order valence-electron chi connectivity index (χ1n) is 6.32. The molecule has 0 saturated carbocycles. The van der Waals surface area contributed by atoms with Gasteiger partial charge in [-0.2, -0.15) is 5.10 Å². The lowest BCUT2D eigenvalue weighted by atomic mass is 10.2. The molecule has 0 saturated heterocycles. The first kappa shape index (κ1) is 16.5. The number of thiocarbonyl (C=S) groups is 1. The molecule has 2 N–H and O–H groups in total. The number of phenols is 1. The molecule has 0 fully saturated rings. The summed E-state index contributed by atoms with van der Waals surface area (Å²) in [5, 5.41) is 19.6. The van der Waals surface area contributed by atoms with Crippen LogP contribution in [0.4, 0.5) is 5.69 Å². The van der Waals surface area contributed by atoms with E-state index in [2.05, 4.69) is 10.4 Å². The molecule has 0 aromatic heterocycles. The van der Waals surface area contributed by atoms with Gasteiger partial charge in [0.15, 0.2) is 5.11 Å². The largest absolute Gasteiger partial charge is 0.506 e. The summed E-state index contributed by atoms with van der Waals surface area (Å²) in [4.78, 5) is 0. The molecule has 0 aliphatic heterocycles. The number of nitrogens with zero attached hydrogens (tertiary/aromatic N) is 2. The second-order valence-corrected chi connectivity index (χ2v) is 5.50. The minimum atomic E-state index is -0.0850. The smallest absolute Gasteiger partial charge is 0.194 e. The molecule has 2 rings (SSSR count). The molecule has 2 aromatic rings. The van der Waals surface area contributed by atoms with Crippen LogP contribution in [-0.4, -0.2) is 23.5 Å². The molecule has 0 aliphatic carbocycles. The van der Waals surface area contributed by atoms with E-state index >= 15 is 0 Å². The number of hydrogen-bond acceptors (Lipinski definition) is 3. The maximum Gasteiger partial charge on any atom is 0.194 e. The van der Waals surface area contributed by atoms with Crippen molar-refractivity contribution in [2.24, 2.45) is 5.10 Å². The van der Waals surface area contributed by atoms with E-state index in [-0.39, 0.29) is 10.8 Å². The Morgan fingerprint density at radius 3 is 2.59 bits per heavy atom. The van der Waals surface area contributed by atoms with Crippen LogP contribution in [0, 0.1) is 0 Å². The average molecular weight is 354 g/mol. The summed E-state index contributed by atoms with van der Waals surface area (Å²) in [5.41, 5.74) is 1.18. The van der Waals surface area contributed by atoms with Gasteiger partial charge in [0.2, 0.25) is 0 Å². The number of anilines is 1. The summed E-state index contributed by atoms with van der Waals surface area (Å²) in [5.74, 6) is -0.0850. The lowest BCUT2D eigenvalue weighted by Crippen LogP contribution is -2.33. The number of hydrogen-bond donors (Lipinski definition) is 2. The topological polar surface area (TPSA) is 47.9 Å². The van der Waals surface area contributed by atoms with Crippen LogP contribution in [0.3, 0.4) is 0 Å². The minimum absolute atomic E-state index is 0.0850. The normalized spacial score (nSPS) is 10.7. The maximum absolute atomic E-state index is 9.95. The fraction of sp³-hybridized carbons (Fsp3) is 0.0667. The monoisotopic (exact) mass is 353 g/mol. The minimum Gasteiger partial charge on any atom is -0.506 e. The van der Waals surface area contributed by atoms with Gasteiger partial charge >= 0.3 is 0 Å². The lowest BCUT2D eigenvalue weighted by molar-refractivity contribution is 0.474. The molecule has 4 nitrogen and oxygen atoms in total. The molecule has 0 spiro atoms. The number of aromatic hydroxyl groups is 1. The number of phenolic OH excluding ortho intramolecular Hbond substituents is 1. The summed E-state index contributed by atoms with van der Waals surface area (Å²) < 4.78 is 0. The Morgan fingerprint density at radius 2 is 1.95 bits per heavy atom.